The fourth-order valence-electron chi connectivity index (χ4n) is 7.26. The number of aliphatic hydroxyl groups is 1. The summed E-state index contributed by atoms with van der Waals surface area (Å²) in [5.74, 6) is 0.898. The molecule has 31 heavy (non-hydrogen) atoms. The molecular formula is C19H45B11O. The molecule has 2 rings (SSSR count). The first-order valence-corrected chi connectivity index (χ1v) is 12.9. The minimum absolute atomic E-state index is 0.0545. The summed E-state index contributed by atoms with van der Waals surface area (Å²) in [6.45, 7) is 9.08. The molecule has 1 N–H and O–H groups in total. The Hall–Kier alpha value is 0.414. The fourth-order valence-corrected chi connectivity index (χ4v) is 7.26. The van der Waals surface area contributed by atoms with Crippen LogP contribution < -0.4 is 0 Å². The highest BCUT2D eigenvalue weighted by Crippen LogP contribution is 2.71. The van der Waals surface area contributed by atoms with Crippen LogP contribution in [0.1, 0.15) is 53.4 Å². The molecule has 0 spiro atoms. The summed E-state index contributed by atoms with van der Waals surface area (Å²) in [5, 5.41) is 11.7. The molecule has 1 nitrogen and oxygen atoms in total. The Kier molecular flexibility index (Phi) is 6.88. The summed E-state index contributed by atoms with van der Waals surface area (Å²) in [6, 6.07) is 0. The smallest absolute Gasteiger partial charge is 0.103 e. The second-order valence-electron chi connectivity index (χ2n) is 15.6. The Morgan fingerprint density at radius 1 is 0.903 bits per heavy atom. The van der Waals surface area contributed by atoms with Crippen LogP contribution in [0.2, 0.25) is 26.0 Å². The Balaban J connectivity index is 2.80. The van der Waals surface area contributed by atoms with Crippen LogP contribution in [0.4, 0.5) is 0 Å². The second-order valence-corrected chi connectivity index (χ2v) is 15.6. The third-order valence-corrected chi connectivity index (χ3v) is 11.7. The van der Waals surface area contributed by atoms with Gasteiger partial charge in [-0.2, -0.15) is 0 Å². The van der Waals surface area contributed by atoms with Crippen molar-refractivity contribution in [3.63, 3.8) is 0 Å². The fraction of sp³-hybridized carbons (Fsp3) is 0.895. The summed E-state index contributed by atoms with van der Waals surface area (Å²) in [7, 11) is 27.3. The molecule has 1 saturated carbocycles. The molecule has 0 aliphatic heterocycles. The predicted molar refractivity (Wildman–Crippen MR) is 170 cm³/mol. The monoisotopic (exact) mass is 410 g/mol. The number of hydrogen-bond acceptors (Lipinski definition) is 1. The van der Waals surface area contributed by atoms with Gasteiger partial charge >= 0.3 is 0 Å². The van der Waals surface area contributed by atoms with Crippen LogP contribution in [0, 0.1) is 17.3 Å². The third kappa shape index (κ3) is 4.32. The minimum Gasteiger partial charge on any atom is -0.390 e. The first kappa shape index (κ1) is 27.7. The summed E-state index contributed by atoms with van der Waals surface area (Å²) in [4.78, 5) is 0. The van der Waals surface area contributed by atoms with Gasteiger partial charge in [0.25, 0.3) is 0 Å². The lowest BCUT2D eigenvalue weighted by atomic mass is 9.07. The van der Waals surface area contributed by atoms with Crippen molar-refractivity contribution < 1.29 is 5.11 Å². The summed E-state index contributed by atoms with van der Waals surface area (Å²) in [5.41, 5.74) is 3.05. The molecule has 2 aliphatic rings. The van der Waals surface area contributed by atoms with E-state index in [0.29, 0.717) is 11.8 Å². The highest BCUT2D eigenvalue weighted by Gasteiger charge is 2.58. The summed E-state index contributed by atoms with van der Waals surface area (Å²) < 4.78 is 0. The quantitative estimate of drug-likeness (QED) is 0.356. The van der Waals surface area contributed by atoms with E-state index in [-0.39, 0.29) is 31.4 Å². The number of allylic oxidation sites excluding steroid dienone is 2. The number of rotatable bonds is 5. The lowest BCUT2D eigenvalue weighted by Crippen LogP contribution is -2.54. The van der Waals surface area contributed by atoms with Gasteiger partial charge in [-0.1, -0.05) is 47.1 Å². The molecular weight excluding hydrogens is 363 g/mol. The van der Waals surface area contributed by atoms with Crippen molar-refractivity contribution in [1.29, 1.82) is 0 Å². The van der Waals surface area contributed by atoms with Gasteiger partial charge in [-0.15, -0.1) is 10.3 Å². The Morgan fingerprint density at radius 2 is 1.39 bits per heavy atom. The van der Waals surface area contributed by atoms with Gasteiger partial charge in [0, 0.05) is 0 Å². The van der Waals surface area contributed by atoms with Gasteiger partial charge in [0.15, 0.2) is 0 Å². The molecule has 1 fully saturated rings. The van der Waals surface area contributed by atoms with E-state index in [1.165, 1.54) is 12.8 Å². The van der Waals surface area contributed by atoms with E-state index >= 15 is 0 Å². The SMILES string of the molecule is BC1(B)C[C@@]2(C)CC[C@@H](C(C)(C)O)CC2=C(C(B)(B)C(B)(B)C(B)(B)C(B)(B)B)C1C. The lowest BCUT2D eigenvalue weighted by molar-refractivity contribution is -0.00609. The van der Waals surface area contributed by atoms with Crippen LogP contribution in [0.15, 0.2) is 11.1 Å². The Morgan fingerprint density at radius 3 is 1.81 bits per heavy atom. The molecule has 2 aliphatic carbocycles. The van der Waals surface area contributed by atoms with Gasteiger partial charge in [0.2, 0.25) is 0 Å². The van der Waals surface area contributed by atoms with Crippen LogP contribution in [0.5, 0.6) is 0 Å². The van der Waals surface area contributed by atoms with Gasteiger partial charge in [-0.05, 0) is 50.4 Å². The van der Waals surface area contributed by atoms with E-state index in [2.05, 4.69) is 100 Å². The van der Waals surface area contributed by atoms with Crippen LogP contribution >= 0.6 is 0 Å². The molecule has 0 aromatic rings. The van der Waals surface area contributed by atoms with E-state index in [9.17, 15) is 5.11 Å². The van der Waals surface area contributed by atoms with Crippen molar-refractivity contribution in [2.45, 2.75) is 84.9 Å². The highest BCUT2D eigenvalue weighted by atomic mass is 16.3. The zero-order chi connectivity index (χ0) is 24.6. The molecule has 1 unspecified atom stereocenters. The normalized spacial score (nSPS) is 30.6. The minimum atomic E-state index is -0.611. The van der Waals surface area contributed by atoms with E-state index in [1.54, 1.807) is 11.1 Å². The molecule has 0 aromatic heterocycles. The van der Waals surface area contributed by atoms with Gasteiger partial charge in [-0.3, -0.25) is 0 Å². The molecule has 0 amide bonds. The average molecular weight is 409 g/mol. The van der Waals surface area contributed by atoms with Crippen molar-refractivity contribution >= 4 is 86.3 Å². The molecule has 0 aromatic carbocycles. The van der Waals surface area contributed by atoms with E-state index < -0.39 is 5.60 Å². The predicted octanol–water partition coefficient (Wildman–Crippen LogP) is -5.60. The Bertz CT molecular complexity index is 745. The highest BCUT2D eigenvalue weighted by molar-refractivity contribution is 6.72. The maximum absolute atomic E-state index is 10.9. The average Bonchev–Trinajstić information content (AvgIpc) is 2.52. The molecule has 0 radical (unpaired) electrons. The standard InChI is InChI=1S/C19H45B11O/c1-9-12(16(22,23)17(24,25)18(26,27)19(28,29)30)11-7-10(13(2,3)31)5-6-14(11,4)8-15(9,20)21/h9-10,31H,5-8,20-30H2,1-4H3/t9?,10-,14-/m1/s1. The maximum Gasteiger partial charge on any atom is 0.103 e. The molecule has 3 atom stereocenters. The zero-order valence-corrected chi connectivity index (χ0v) is 23.9. The molecule has 0 heterocycles. The van der Waals surface area contributed by atoms with Gasteiger partial charge in [0.1, 0.15) is 15.7 Å². The number of fused-ring (bicyclic) bond motifs is 1. The molecule has 12 heteroatoms. The van der Waals surface area contributed by atoms with E-state index in [1.807, 2.05) is 13.8 Å². The molecule has 0 saturated heterocycles. The largest absolute Gasteiger partial charge is 0.390 e. The van der Waals surface area contributed by atoms with Crippen molar-refractivity contribution in [2.75, 3.05) is 0 Å². The van der Waals surface area contributed by atoms with Crippen LogP contribution in [0.25, 0.3) is 0 Å². The topological polar surface area (TPSA) is 20.2 Å². The van der Waals surface area contributed by atoms with Gasteiger partial charge in [-0.25, -0.2) is 0 Å². The first-order valence-electron chi connectivity index (χ1n) is 12.9. The van der Waals surface area contributed by atoms with Gasteiger partial charge in [0.05, 0.1) is 76.2 Å². The van der Waals surface area contributed by atoms with Crippen LogP contribution in [-0.2, 0) is 0 Å². The first-order chi connectivity index (χ1) is 13.4. The molecule has 0 bridgehead atoms. The van der Waals surface area contributed by atoms with E-state index in [0.717, 1.165) is 12.8 Å². The summed E-state index contributed by atoms with van der Waals surface area (Å²) in [6.07, 6.45) is 4.66. The lowest BCUT2D eigenvalue weighted by Gasteiger charge is -2.65. The second kappa shape index (κ2) is 7.71. The van der Waals surface area contributed by atoms with Gasteiger partial charge < -0.3 is 5.11 Å². The van der Waals surface area contributed by atoms with Crippen molar-refractivity contribution in [3.05, 3.63) is 11.1 Å². The zero-order valence-electron chi connectivity index (χ0n) is 23.9. The summed E-state index contributed by atoms with van der Waals surface area (Å²) >= 11 is 0. The van der Waals surface area contributed by atoms with Crippen molar-refractivity contribution in [1.82, 2.24) is 0 Å². The van der Waals surface area contributed by atoms with Crippen molar-refractivity contribution in [3.8, 4) is 0 Å². The van der Waals surface area contributed by atoms with Crippen LogP contribution in [0.3, 0.4) is 0 Å². The van der Waals surface area contributed by atoms with Crippen molar-refractivity contribution in [2.24, 2.45) is 17.3 Å². The van der Waals surface area contributed by atoms with E-state index in [4.69, 9.17) is 0 Å². The third-order valence-electron chi connectivity index (χ3n) is 11.7. The van der Waals surface area contributed by atoms with Crippen LogP contribution in [-0.4, -0.2) is 97.0 Å². The molecule has 160 valence electrons. The maximum atomic E-state index is 10.9. The number of hydrogen-bond donors (Lipinski definition) is 1. The Labute approximate surface area is 204 Å².